The predicted octanol–water partition coefficient (Wildman–Crippen LogP) is 10.4. The van der Waals surface area contributed by atoms with Gasteiger partial charge in [-0.15, -0.1) is 69.6 Å². The van der Waals surface area contributed by atoms with E-state index in [1.54, 1.807) is 0 Å². The minimum absolute atomic E-state index is 0.239. The van der Waals surface area contributed by atoms with E-state index in [1.807, 2.05) is 0 Å². The molecule has 38 heavy (non-hydrogen) atoms. The van der Waals surface area contributed by atoms with Gasteiger partial charge in [-0.25, -0.2) is 0 Å². The Labute approximate surface area is 255 Å². The number of alkyl halides is 6. The minimum atomic E-state index is -0.306. The van der Waals surface area contributed by atoms with E-state index >= 15 is 0 Å². The highest BCUT2D eigenvalue weighted by atomic mass is 35.5. The summed E-state index contributed by atoms with van der Waals surface area (Å²) in [5.41, 5.74) is 13.4. The molecular formula is C32H30Cl6. The first kappa shape index (κ1) is 27.6. The summed E-state index contributed by atoms with van der Waals surface area (Å²) in [6.45, 7) is 9.76. The Morgan fingerprint density at radius 3 is 0.658 bits per heavy atom. The molecule has 0 heterocycles. The van der Waals surface area contributed by atoms with Gasteiger partial charge in [0.15, 0.2) is 0 Å². The lowest BCUT2D eigenvalue weighted by Gasteiger charge is -2.49. The second-order valence-electron chi connectivity index (χ2n) is 11.8. The maximum Gasteiger partial charge on any atom is 0.0477 e. The van der Waals surface area contributed by atoms with Crippen LogP contribution in [-0.4, -0.2) is 0 Å². The molecule has 0 unspecified atom stereocenters. The molecule has 0 saturated heterocycles. The molecule has 0 aliphatic heterocycles. The van der Waals surface area contributed by atoms with Gasteiger partial charge in [0.1, 0.15) is 0 Å². The Kier molecular flexibility index (Phi) is 6.49. The predicted molar refractivity (Wildman–Crippen MR) is 164 cm³/mol. The number of hydrogen-bond donors (Lipinski definition) is 0. The van der Waals surface area contributed by atoms with Crippen LogP contribution in [0, 0.1) is 5.41 Å². The van der Waals surface area contributed by atoms with Crippen LogP contribution in [0.2, 0.25) is 0 Å². The summed E-state index contributed by atoms with van der Waals surface area (Å²) in [7, 11) is 0. The molecule has 0 nitrogen and oxygen atoms in total. The molecule has 6 heteroatoms. The molecule has 0 aromatic heterocycles. The molecule has 0 spiro atoms. The number of rotatable bonds is 6. The van der Waals surface area contributed by atoms with Crippen molar-refractivity contribution >= 4 is 69.6 Å². The van der Waals surface area contributed by atoms with E-state index in [0.717, 1.165) is 33.4 Å². The molecule has 0 N–H and O–H groups in total. The van der Waals surface area contributed by atoms with Gasteiger partial charge in [-0.3, -0.25) is 0 Å². The van der Waals surface area contributed by atoms with Gasteiger partial charge in [0.25, 0.3) is 0 Å². The van der Waals surface area contributed by atoms with Gasteiger partial charge in [0, 0.05) is 56.9 Å². The Bertz CT molecular complexity index is 1230. The third-order valence-electron chi connectivity index (χ3n) is 11.1. The van der Waals surface area contributed by atoms with Crippen molar-refractivity contribution < 1.29 is 0 Å². The largest absolute Gasteiger partial charge is 0.122 e. The number of benzene rings is 3. The lowest BCUT2D eigenvalue weighted by Crippen LogP contribution is -2.51. The van der Waals surface area contributed by atoms with E-state index < -0.39 is 0 Å². The quantitative estimate of drug-likeness (QED) is 0.239. The van der Waals surface area contributed by atoms with Gasteiger partial charge in [0.2, 0.25) is 0 Å². The standard InChI is InChI=1S/C32H30Cl6/c1-29-23-5-17(11-33)19(13-35)7-25(23)30(2)27-9-21(15-37)22(16-38)10-28(27)31(3,32(29,30)4)26-8-20(14-36)18(12-34)6-24(26)29/h5-10H,11-16H2,1-4H3. The monoisotopic (exact) mass is 624 g/mol. The molecule has 0 fully saturated rings. The third-order valence-corrected chi connectivity index (χ3v) is 12.8. The van der Waals surface area contributed by atoms with Gasteiger partial charge in [0.05, 0.1) is 0 Å². The van der Waals surface area contributed by atoms with Crippen molar-refractivity contribution in [1.82, 2.24) is 0 Å². The molecular weight excluding hydrogens is 597 g/mol. The first-order chi connectivity index (χ1) is 18.1. The highest BCUT2D eigenvalue weighted by Gasteiger charge is 2.79. The highest BCUT2D eigenvalue weighted by Crippen LogP contribution is 2.82. The van der Waals surface area contributed by atoms with Crippen LogP contribution in [0.5, 0.6) is 0 Å². The Morgan fingerprint density at radius 1 is 0.368 bits per heavy atom. The van der Waals surface area contributed by atoms with Gasteiger partial charge in [-0.2, -0.15) is 0 Å². The van der Waals surface area contributed by atoms with Crippen LogP contribution >= 0.6 is 69.6 Å². The summed E-state index contributed by atoms with van der Waals surface area (Å²) in [6, 6.07) is 14.0. The molecule has 0 bridgehead atoms. The normalized spacial score (nSPS) is 29.8. The Hall–Kier alpha value is -0.600. The van der Waals surface area contributed by atoms with Crippen molar-refractivity contribution in [3.8, 4) is 0 Å². The molecule has 3 aromatic carbocycles. The lowest BCUT2D eigenvalue weighted by molar-refractivity contribution is 0.0997. The number of fused-ring (bicyclic) bond motifs is 9. The summed E-state index contributed by atoms with van der Waals surface area (Å²) in [6.07, 6.45) is 0. The van der Waals surface area contributed by atoms with Gasteiger partial charge in [-0.05, 0) is 66.8 Å². The first-order valence-electron chi connectivity index (χ1n) is 12.9. The van der Waals surface area contributed by atoms with Crippen molar-refractivity contribution in [2.45, 2.75) is 79.2 Å². The van der Waals surface area contributed by atoms with E-state index in [9.17, 15) is 0 Å². The van der Waals surface area contributed by atoms with E-state index in [1.165, 1.54) is 33.4 Å². The minimum Gasteiger partial charge on any atom is -0.122 e. The maximum absolute atomic E-state index is 6.50. The van der Waals surface area contributed by atoms with Crippen LogP contribution in [0.1, 0.15) is 94.5 Å². The van der Waals surface area contributed by atoms with Crippen molar-refractivity contribution in [2.24, 2.45) is 5.41 Å². The average Bonchev–Trinajstić information content (AvgIpc) is 3.29. The fraction of sp³-hybridized carbons (Fsp3) is 0.438. The van der Waals surface area contributed by atoms with Gasteiger partial charge in [-0.1, -0.05) is 64.1 Å². The average molecular weight is 627 g/mol. The molecule has 3 aliphatic rings. The Balaban J connectivity index is 1.86. The van der Waals surface area contributed by atoms with Crippen molar-refractivity contribution in [1.29, 1.82) is 0 Å². The lowest BCUT2D eigenvalue weighted by atomic mass is 9.52. The van der Waals surface area contributed by atoms with E-state index in [0.29, 0.717) is 35.3 Å². The van der Waals surface area contributed by atoms with Gasteiger partial charge >= 0.3 is 0 Å². The fourth-order valence-electron chi connectivity index (χ4n) is 8.85. The zero-order valence-corrected chi connectivity index (χ0v) is 26.5. The maximum atomic E-state index is 6.50. The second kappa shape index (κ2) is 8.95. The SMILES string of the molecule is CC12c3cc(CCl)c(CCl)cc3C3(C)c4cc(CCl)c(CCl)cc4C(C)(c4cc(CCl)c(CCl)cc41)C23C. The van der Waals surface area contributed by atoms with E-state index in [2.05, 4.69) is 64.1 Å². The second-order valence-corrected chi connectivity index (χ2v) is 13.4. The van der Waals surface area contributed by atoms with Crippen LogP contribution in [0.4, 0.5) is 0 Å². The molecule has 0 saturated carbocycles. The van der Waals surface area contributed by atoms with Crippen LogP contribution in [0.15, 0.2) is 36.4 Å². The highest BCUT2D eigenvalue weighted by molar-refractivity contribution is 6.20. The number of halogens is 6. The molecule has 6 rings (SSSR count). The summed E-state index contributed by atoms with van der Waals surface area (Å²) >= 11 is 39.0. The van der Waals surface area contributed by atoms with Crippen LogP contribution in [-0.2, 0) is 51.5 Å². The molecule has 3 aliphatic carbocycles. The zero-order valence-electron chi connectivity index (χ0n) is 22.0. The van der Waals surface area contributed by atoms with E-state index in [4.69, 9.17) is 69.6 Å². The molecule has 0 radical (unpaired) electrons. The summed E-state index contributed by atoms with van der Waals surface area (Å²) in [5, 5.41) is 0. The molecule has 0 atom stereocenters. The topological polar surface area (TPSA) is 0 Å². The van der Waals surface area contributed by atoms with Crippen LogP contribution in [0.3, 0.4) is 0 Å². The van der Waals surface area contributed by atoms with Crippen molar-refractivity contribution in [2.75, 3.05) is 0 Å². The van der Waals surface area contributed by atoms with Gasteiger partial charge < -0.3 is 0 Å². The summed E-state index contributed by atoms with van der Waals surface area (Å²) in [4.78, 5) is 0. The van der Waals surface area contributed by atoms with Crippen LogP contribution < -0.4 is 0 Å². The fourth-order valence-corrected chi connectivity index (χ4v) is 10.3. The van der Waals surface area contributed by atoms with Crippen LogP contribution in [0.25, 0.3) is 0 Å². The summed E-state index contributed by atoms with van der Waals surface area (Å²) in [5.74, 6) is 2.54. The first-order valence-corrected chi connectivity index (χ1v) is 16.1. The Morgan fingerprint density at radius 2 is 0.526 bits per heavy atom. The number of hydrogen-bond acceptors (Lipinski definition) is 0. The molecule has 0 amide bonds. The third kappa shape index (κ3) is 2.80. The van der Waals surface area contributed by atoms with Crippen molar-refractivity contribution in [3.63, 3.8) is 0 Å². The summed E-state index contributed by atoms with van der Waals surface area (Å²) < 4.78 is 0. The van der Waals surface area contributed by atoms with E-state index in [-0.39, 0.29) is 21.7 Å². The molecule has 3 aromatic rings. The van der Waals surface area contributed by atoms with Crippen molar-refractivity contribution in [3.05, 3.63) is 103 Å². The zero-order chi connectivity index (χ0) is 27.4. The molecule has 200 valence electrons. The smallest absolute Gasteiger partial charge is 0.0477 e.